The highest BCUT2D eigenvalue weighted by Gasteiger charge is 2.21. The lowest BCUT2D eigenvalue weighted by atomic mass is 10.0. The second kappa shape index (κ2) is 6.40. The van der Waals surface area contributed by atoms with Gasteiger partial charge in [0.25, 0.3) is 0 Å². The maximum absolute atomic E-state index is 6.03. The van der Waals surface area contributed by atoms with Gasteiger partial charge in [-0.2, -0.15) is 0 Å². The Morgan fingerprint density at radius 2 is 1.86 bits per heavy atom. The predicted octanol–water partition coefficient (Wildman–Crippen LogP) is 2.34. The van der Waals surface area contributed by atoms with Crippen LogP contribution in [0.25, 0.3) is 11.4 Å². The highest BCUT2D eigenvalue weighted by Crippen LogP contribution is 2.27. The fourth-order valence-electron chi connectivity index (χ4n) is 3.00. The number of nitrogens with zero attached hydrogens (tertiary/aromatic N) is 4. The molecular formula is C17H23N5. The van der Waals surface area contributed by atoms with Crippen LogP contribution in [0.4, 0.5) is 5.82 Å². The van der Waals surface area contributed by atoms with Gasteiger partial charge in [-0.3, -0.25) is 4.98 Å². The Morgan fingerprint density at radius 3 is 2.50 bits per heavy atom. The van der Waals surface area contributed by atoms with Gasteiger partial charge >= 0.3 is 0 Å². The molecule has 1 saturated heterocycles. The molecule has 0 amide bonds. The van der Waals surface area contributed by atoms with Gasteiger partial charge in [0.2, 0.25) is 0 Å². The Morgan fingerprint density at radius 1 is 1.18 bits per heavy atom. The van der Waals surface area contributed by atoms with E-state index < -0.39 is 0 Å². The van der Waals surface area contributed by atoms with Crippen molar-refractivity contribution in [1.29, 1.82) is 0 Å². The first kappa shape index (κ1) is 14.9. The van der Waals surface area contributed by atoms with Crippen molar-refractivity contribution in [3.63, 3.8) is 0 Å². The average Bonchev–Trinajstić information content (AvgIpc) is 2.55. The molecule has 22 heavy (non-hydrogen) atoms. The predicted molar refractivity (Wildman–Crippen MR) is 88.8 cm³/mol. The summed E-state index contributed by atoms with van der Waals surface area (Å²) in [4.78, 5) is 16.0. The summed E-state index contributed by atoms with van der Waals surface area (Å²) >= 11 is 0. The minimum Gasteiger partial charge on any atom is -0.356 e. The van der Waals surface area contributed by atoms with Crippen molar-refractivity contribution < 1.29 is 0 Å². The van der Waals surface area contributed by atoms with Gasteiger partial charge in [-0.1, -0.05) is 6.92 Å². The van der Waals surface area contributed by atoms with Crippen LogP contribution < -0.4 is 10.6 Å². The molecule has 3 heterocycles. The third kappa shape index (κ3) is 2.95. The first-order chi connectivity index (χ1) is 10.7. The van der Waals surface area contributed by atoms with Crippen LogP contribution in [0, 0.1) is 6.92 Å². The van der Waals surface area contributed by atoms with Gasteiger partial charge in [-0.25, -0.2) is 9.97 Å². The van der Waals surface area contributed by atoms with E-state index in [1.165, 1.54) is 5.56 Å². The molecule has 3 rings (SSSR count). The summed E-state index contributed by atoms with van der Waals surface area (Å²) in [7, 11) is 0. The molecule has 0 radical (unpaired) electrons. The molecule has 0 aromatic carbocycles. The van der Waals surface area contributed by atoms with Crippen molar-refractivity contribution in [2.75, 3.05) is 18.0 Å². The van der Waals surface area contributed by atoms with Crippen LogP contribution >= 0.6 is 0 Å². The van der Waals surface area contributed by atoms with E-state index in [1.54, 1.807) is 12.4 Å². The average molecular weight is 297 g/mol. The maximum atomic E-state index is 6.03. The molecule has 5 heteroatoms. The van der Waals surface area contributed by atoms with Crippen LogP contribution in [0.15, 0.2) is 24.5 Å². The third-order valence-electron chi connectivity index (χ3n) is 4.32. The van der Waals surface area contributed by atoms with Gasteiger partial charge < -0.3 is 10.6 Å². The summed E-state index contributed by atoms with van der Waals surface area (Å²) in [5.41, 5.74) is 9.35. The second-order valence-corrected chi connectivity index (χ2v) is 5.85. The number of rotatable bonds is 3. The van der Waals surface area contributed by atoms with Crippen molar-refractivity contribution in [1.82, 2.24) is 15.0 Å². The maximum Gasteiger partial charge on any atom is 0.161 e. The number of hydrogen-bond donors (Lipinski definition) is 1. The van der Waals surface area contributed by atoms with Gasteiger partial charge in [0.05, 0.1) is 0 Å². The summed E-state index contributed by atoms with van der Waals surface area (Å²) in [5.74, 6) is 1.86. The Labute approximate surface area is 131 Å². The molecule has 0 saturated carbocycles. The zero-order valence-electron chi connectivity index (χ0n) is 13.3. The molecule has 1 aliphatic heterocycles. The smallest absolute Gasteiger partial charge is 0.161 e. The van der Waals surface area contributed by atoms with E-state index in [2.05, 4.69) is 23.7 Å². The molecule has 2 N–H and O–H groups in total. The summed E-state index contributed by atoms with van der Waals surface area (Å²) in [6.45, 7) is 6.18. The molecule has 5 nitrogen and oxygen atoms in total. The highest BCUT2D eigenvalue weighted by atomic mass is 15.2. The van der Waals surface area contributed by atoms with E-state index in [1.807, 2.05) is 12.1 Å². The molecule has 0 unspecified atom stereocenters. The molecule has 2 aromatic rings. The molecule has 0 atom stereocenters. The molecule has 0 aliphatic carbocycles. The third-order valence-corrected chi connectivity index (χ3v) is 4.32. The number of aromatic nitrogens is 3. The lowest BCUT2D eigenvalue weighted by Crippen LogP contribution is -2.40. The minimum absolute atomic E-state index is 0.323. The zero-order chi connectivity index (χ0) is 15.5. The van der Waals surface area contributed by atoms with E-state index in [0.717, 1.165) is 55.3 Å². The van der Waals surface area contributed by atoms with Gasteiger partial charge in [0.15, 0.2) is 5.82 Å². The highest BCUT2D eigenvalue weighted by molar-refractivity contribution is 5.60. The van der Waals surface area contributed by atoms with Crippen LogP contribution in [0.3, 0.4) is 0 Å². The number of hydrogen-bond acceptors (Lipinski definition) is 5. The topological polar surface area (TPSA) is 67.9 Å². The van der Waals surface area contributed by atoms with Gasteiger partial charge in [-0.05, 0) is 38.3 Å². The molecule has 116 valence electrons. The number of pyridine rings is 1. The van der Waals surface area contributed by atoms with E-state index in [-0.39, 0.29) is 0 Å². The molecule has 0 bridgehead atoms. The van der Waals surface area contributed by atoms with Crippen molar-refractivity contribution in [3.8, 4) is 11.4 Å². The van der Waals surface area contributed by atoms with Gasteiger partial charge in [0.1, 0.15) is 5.82 Å². The van der Waals surface area contributed by atoms with Gasteiger partial charge in [-0.15, -0.1) is 0 Å². The number of piperidine rings is 1. The van der Waals surface area contributed by atoms with Crippen LogP contribution in [0.5, 0.6) is 0 Å². The molecule has 0 spiro atoms. The number of nitrogens with two attached hydrogens (primary N) is 1. The molecule has 1 fully saturated rings. The summed E-state index contributed by atoms with van der Waals surface area (Å²) in [5, 5.41) is 0. The van der Waals surface area contributed by atoms with E-state index in [4.69, 9.17) is 15.7 Å². The largest absolute Gasteiger partial charge is 0.356 e. The van der Waals surface area contributed by atoms with Crippen molar-refractivity contribution in [2.45, 2.75) is 39.2 Å². The fourth-order valence-corrected chi connectivity index (χ4v) is 3.00. The minimum atomic E-state index is 0.323. The summed E-state index contributed by atoms with van der Waals surface area (Å²) < 4.78 is 0. The lowest BCUT2D eigenvalue weighted by molar-refractivity contribution is 0.497. The summed E-state index contributed by atoms with van der Waals surface area (Å²) in [6, 6.07) is 4.23. The van der Waals surface area contributed by atoms with Crippen LogP contribution in [-0.4, -0.2) is 34.1 Å². The van der Waals surface area contributed by atoms with Crippen LogP contribution in [0.2, 0.25) is 0 Å². The Kier molecular flexibility index (Phi) is 4.34. The van der Waals surface area contributed by atoms with E-state index in [0.29, 0.717) is 6.04 Å². The van der Waals surface area contributed by atoms with Crippen molar-refractivity contribution in [3.05, 3.63) is 35.8 Å². The summed E-state index contributed by atoms with van der Waals surface area (Å²) in [6.07, 6.45) is 6.55. The Bertz CT molecular complexity index is 633. The van der Waals surface area contributed by atoms with Crippen LogP contribution in [-0.2, 0) is 6.42 Å². The molecular weight excluding hydrogens is 274 g/mol. The normalized spacial score (nSPS) is 16.0. The second-order valence-electron chi connectivity index (χ2n) is 5.85. The van der Waals surface area contributed by atoms with Crippen molar-refractivity contribution >= 4 is 5.82 Å². The molecule has 1 aliphatic rings. The zero-order valence-corrected chi connectivity index (χ0v) is 13.3. The first-order valence-electron chi connectivity index (χ1n) is 7.97. The molecule has 2 aromatic heterocycles. The van der Waals surface area contributed by atoms with Gasteiger partial charge in [0, 0.05) is 48.3 Å². The van der Waals surface area contributed by atoms with Crippen LogP contribution in [0.1, 0.15) is 31.0 Å². The number of anilines is 1. The van der Waals surface area contributed by atoms with E-state index >= 15 is 0 Å². The Hall–Kier alpha value is -2.01. The monoisotopic (exact) mass is 297 g/mol. The van der Waals surface area contributed by atoms with E-state index in [9.17, 15) is 0 Å². The lowest BCUT2D eigenvalue weighted by Gasteiger charge is -2.32. The SMILES string of the molecule is CCc1c(C)nc(-c2ccncc2)nc1N1CCC(N)CC1. The first-order valence-corrected chi connectivity index (χ1v) is 7.97. The van der Waals surface area contributed by atoms with Crippen molar-refractivity contribution in [2.24, 2.45) is 5.73 Å². The number of aryl methyl sites for hydroxylation is 1. The standard InChI is InChI=1S/C17H23N5/c1-3-15-12(2)20-16(13-4-8-19-9-5-13)21-17(15)22-10-6-14(18)7-11-22/h4-5,8-9,14H,3,6-7,10-11,18H2,1-2H3. The Balaban J connectivity index is 2.02. The fraction of sp³-hybridized carbons (Fsp3) is 0.471. The quantitative estimate of drug-likeness (QED) is 0.941.